The number of imidazole rings is 1. The van der Waals surface area contributed by atoms with E-state index in [0.29, 0.717) is 10.0 Å². The smallest absolute Gasteiger partial charge is 0.117 e. The van der Waals surface area contributed by atoms with Crippen LogP contribution < -0.4 is 5.73 Å². The summed E-state index contributed by atoms with van der Waals surface area (Å²) >= 11 is 12.1. The lowest BCUT2D eigenvalue weighted by atomic mass is 9.95. The maximum absolute atomic E-state index is 6.07. The van der Waals surface area contributed by atoms with Crippen molar-refractivity contribution in [1.82, 2.24) is 9.97 Å². The molecule has 0 aliphatic heterocycles. The first-order chi connectivity index (χ1) is 10.1. The number of hydrogen-bond acceptors (Lipinski definition) is 2. The molecule has 1 fully saturated rings. The topological polar surface area (TPSA) is 54.7 Å². The Morgan fingerprint density at radius 1 is 1.05 bits per heavy atom. The van der Waals surface area contributed by atoms with Crippen molar-refractivity contribution in [3.8, 4) is 0 Å². The fourth-order valence-corrected chi connectivity index (χ4v) is 3.14. The van der Waals surface area contributed by atoms with Crippen molar-refractivity contribution in [2.24, 2.45) is 0 Å². The van der Waals surface area contributed by atoms with Crippen LogP contribution in [0.2, 0.25) is 10.0 Å². The van der Waals surface area contributed by atoms with E-state index in [9.17, 15) is 0 Å². The van der Waals surface area contributed by atoms with Crippen molar-refractivity contribution in [3.05, 3.63) is 57.8 Å². The van der Waals surface area contributed by atoms with Crippen LogP contribution in [0.15, 0.2) is 36.4 Å². The zero-order valence-electron chi connectivity index (χ0n) is 11.2. The van der Waals surface area contributed by atoms with Crippen LogP contribution in [-0.4, -0.2) is 9.97 Å². The average Bonchev–Trinajstić information content (AvgIpc) is 3.17. The Morgan fingerprint density at radius 3 is 2.38 bits per heavy atom. The van der Waals surface area contributed by atoms with Crippen molar-refractivity contribution in [1.29, 1.82) is 0 Å². The van der Waals surface area contributed by atoms with E-state index in [1.807, 2.05) is 18.2 Å². The summed E-state index contributed by atoms with van der Waals surface area (Å²) in [4.78, 5) is 8.11. The van der Waals surface area contributed by atoms with E-state index in [0.717, 1.165) is 35.4 Å². The summed E-state index contributed by atoms with van der Waals surface area (Å²) in [6.45, 7) is 0. The van der Waals surface area contributed by atoms with Gasteiger partial charge in [0.05, 0.1) is 26.5 Å². The van der Waals surface area contributed by atoms with Crippen LogP contribution in [0.1, 0.15) is 24.2 Å². The van der Waals surface area contributed by atoms with Crippen LogP contribution in [0.25, 0.3) is 11.0 Å². The molecule has 1 saturated carbocycles. The number of nitrogens with one attached hydrogen (secondary N) is 1. The number of nitrogen functional groups attached to an aromatic ring is 1. The molecular weight excluding hydrogens is 305 g/mol. The van der Waals surface area contributed by atoms with Gasteiger partial charge in [-0.25, -0.2) is 4.98 Å². The van der Waals surface area contributed by atoms with E-state index in [2.05, 4.69) is 17.1 Å². The van der Waals surface area contributed by atoms with Gasteiger partial charge in [0.15, 0.2) is 0 Å². The maximum Gasteiger partial charge on any atom is 0.117 e. The molecular formula is C16H13Cl2N3. The maximum atomic E-state index is 6.07. The standard InChI is InChI=1S/C16H13Cl2N3/c17-11-7-13-14(8-12(11)18)21-15(20-13)16(5-6-16)9-1-3-10(19)4-2-9/h1-4,7-8H,5-6,19H2,(H,20,21). The molecule has 3 N–H and O–H groups in total. The van der Waals surface area contributed by atoms with Crippen LogP contribution in [0, 0.1) is 0 Å². The summed E-state index contributed by atoms with van der Waals surface area (Å²) in [5.74, 6) is 0.973. The molecule has 0 saturated heterocycles. The summed E-state index contributed by atoms with van der Waals surface area (Å²) in [5, 5.41) is 1.07. The second kappa shape index (κ2) is 4.39. The number of nitrogens with zero attached hydrogens (tertiary/aromatic N) is 1. The number of anilines is 1. The number of aromatic amines is 1. The van der Waals surface area contributed by atoms with Gasteiger partial charge in [-0.2, -0.15) is 0 Å². The Balaban J connectivity index is 1.84. The van der Waals surface area contributed by atoms with Gasteiger partial charge < -0.3 is 10.7 Å². The third-order valence-electron chi connectivity index (χ3n) is 4.19. The highest BCUT2D eigenvalue weighted by atomic mass is 35.5. The lowest BCUT2D eigenvalue weighted by molar-refractivity contribution is 0.779. The number of fused-ring (bicyclic) bond motifs is 1. The Hall–Kier alpha value is -1.71. The molecule has 21 heavy (non-hydrogen) atoms. The number of hydrogen-bond donors (Lipinski definition) is 2. The molecule has 5 heteroatoms. The van der Waals surface area contributed by atoms with Gasteiger partial charge in [0.2, 0.25) is 0 Å². The van der Waals surface area contributed by atoms with Crippen LogP contribution >= 0.6 is 23.2 Å². The van der Waals surface area contributed by atoms with E-state index < -0.39 is 0 Å². The molecule has 3 nitrogen and oxygen atoms in total. The molecule has 1 aromatic heterocycles. The molecule has 4 rings (SSSR count). The van der Waals surface area contributed by atoms with Crippen LogP contribution in [0.5, 0.6) is 0 Å². The molecule has 106 valence electrons. The highest BCUT2D eigenvalue weighted by Crippen LogP contribution is 2.52. The number of nitrogens with two attached hydrogens (primary N) is 1. The second-order valence-electron chi connectivity index (χ2n) is 5.57. The lowest BCUT2D eigenvalue weighted by Crippen LogP contribution is -2.10. The largest absolute Gasteiger partial charge is 0.399 e. The quantitative estimate of drug-likeness (QED) is 0.682. The Kier molecular flexibility index (Phi) is 2.72. The normalized spacial score (nSPS) is 16.3. The minimum absolute atomic E-state index is 0.0222. The van der Waals surface area contributed by atoms with Crippen molar-refractivity contribution in [2.45, 2.75) is 18.3 Å². The fourth-order valence-electron chi connectivity index (χ4n) is 2.82. The Bertz CT molecular complexity index is 794. The lowest BCUT2D eigenvalue weighted by Gasteiger charge is -2.12. The molecule has 0 unspecified atom stereocenters. The molecule has 0 spiro atoms. The molecule has 1 aliphatic rings. The molecule has 0 radical (unpaired) electrons. The second-order valence-corrected chi connectivity index (χ2v) is 6.39. The van der Waals surface area contributed by atoms with Crippen molar-refractivity contribution in [3.63, 3.8) is 0 Å². The molecule has 0 amide bonds. The van der Waals surface area contributed by atoms with Crippen molar-refractivity contribution in [2.75, 3.05) is 5.73 Å². The Labute approximate surface area is 132 Å². The van der Waals surface area contributed by atoms with E-state index in [1.54, 1.807) is 6.07 Å². The van der Waals surface area contributed by atoms with E-state index >= 15 is 0 Å². The van der Waals surface area contributed by atoms with Crippen LogP contribution in [-0.2, 0) is 5.41 Å². The van der Waals surface area contributed by atoms with Gasteiger partial charge in [0.1, 0.15) is 5.82 Å². The monoisotopic (exact) mass is 317 g/mol. The summed E-state index contributed by atoms with van der Waals surface area (Å²) in [6, 6.07) is 11.7. The predicted molar refractivity (Wildman–Crippen MR) is 87.0 cm³/mol. The molecule has 0 bridgehead atoms. The minimum atomic E-state index is -0.0222. The summed E-state index contributed by atoms with van der Waals surface area (Å²) in [6.07, 6.45) is 2.16. The van der Waals surface area contributed by atoms with Crippen molar-refractivity contribution >= 4 is 39.9 Å². The first-order valence-corrected chi connectivity index (χ1v) is 7.55. The first kappa shape index (κ1) is 13.0. The highest BCUT2D eigenvalue weighted by Gasteiger charge is 2.48. The minimum Gasteiger partial charge on any atom is -0.399 e. The van der Waals surface area contributed by atoms with E-state index in [4.69, 9.17) is 33.9 Å². The molecule has 0 atom stereocenters. The predicted octanol–water partition coefficient (Wildman–Crippen LogP) is 4.53. The van der Waals surface area contributed by atoms with Gasteiger partial charge in [-0.3, -0.25) is 0 Å². The van der Waals surface area contributed by atoms with Crippen molar-refractivity contribution < 1.29 is 0 Å². The number of halogens is 2. The van der Waals surface area contributed by atoms with E-state index in [1.165, 1.54) is 5.56 Å². The average molecular weight is 318 g/mol. The number of H-pyrrole nitrogens is 1. The van der Waals surface area contributed by atoms with E-state index in [-0.39, 0.29) is 5.41 Å². The Morgan fingerprint density at radius 2 is 1.71 bits per heavy atom. The zero-order valence-corrected chi connectivity index (χ0v) is 12.7. The fraction of sp³-hybridized carbons (Fsp3) is 0.188. The van der Waals surface area contributed by atoms with Crippen LogP contribution in [0.4, 0.5) is 5.69 Å². The highest BCUT2D eigenvalue weighted by molar-refractivity contribution is 6.42. The third-order valence-corrected chi connectivity index (χ3v) is 4.91. The molecule has 1 aliphatic carbocycles. The first-order valence-electron chi connectivity index (χ1n) is 6.80. The molecule has 2 aromatic carbocycles. The molecule has 1 heterocycles. The van der Waals surface area contributed by atoms with Crippen LogP contribution in [0.3, 0.4) is 0 Å². The molecule has 3 aromatic rings. The summed E-state index contributed by atoms with van der Waals surface area (Å²) < 4.78 is 0. The zero-order chi connectivity index (χ0) is 14.6. The number of rotatable bonds is 2. The van der Waals surface area contributed by atoms with Gasteiger partial charge in [0.25, 0.3) is 0 Å². The van der Waals surface area contributed by atoms with Gasteiger partial charge in [0, 0.05) is 5.69 Å². The van der Waals surface area contributed by atoms with Gasteiger partial charge in [-0.1, -0.05) is 35.3 Å². The number of aromatic nitrogens is 2. The third kappa shape index (κ3) is 2.00. The summed E-state index contributed by atoms with van der Waals surface area (Å²) in [7, 11) is 0. The van der Waals surface area contributed by atoms with Gasteiger partial charge in [-0.15, -0.1) is 0 Å². The summed E-state index contributed by atoms with van der Waals surface area (Å²) in [5.41, 5.74) is 9.53. The van der Waals surface area contributed by atoms with Gasteiger partial charge >= 0.3 is 0 Å². The van der Waals surface area contributed by atoms with Gasteiger partial charge in [-0.05, 0) is 42.7 Å². The SMILES string of the molecule is Nc1ccc(C2(c3nc4cc(Cl)c(Cl)cc4[nH]3)CC2)cc1. The number of benzene rings is 2.